The summed E-state index contributed by atoms with van der Waals surface area (Å²) in [5, 5.41) is 2.09. The van der Waals surface area contributed by atoms with Crippen molar-refractivity contribution in [2.75, 3.05) is 6.54 Å². The third kappa shape index (κ3) is 1.60. The maximum Gasteiger partial charge on any atom is 0.0691 e. The van der Waals surface area contributed by atoms with Gasteiger partial charge < -0.3 is 5.01 Å². The van der Waals surface area contributed by atoms with Crippen LogP contribution in [0.1, 0.15) is 19.3 Å². The fourth-order valence-electron chi connectivity index (χ4n) is 1.24. The van der Waals surface area contributed by atoms with Crippen LogP contribution in [-0.4, -0.2) is 23.8 Å². The maximum atomic E-state index is 3.99. The predicted octanol–water partition coefficient (Wildman–Crippen LogP) is 0.901. The van der Waals surface area contributed by atoms with E-state index in [9.17, 15) is 0 Å². The van der Waals surface area contributed by atoms with Gasteiger partial charge in [0, 0.05) is 24.7 Å². The van der Waals surface area contributed by atoms with Crippen molar-refractivity contribution in [3.63, 3.8) is 0 Å². The fourth-order valence-corrected chi connectivity index (χ4v) is 1.24. The lowest BCUT2D eigenvalue weighted by atomic mass is 9.94. The Labute approximate surface area is 66.8 Å². The highest BCUT2D eigenvalue weighted by molar-refractivity contribution is 5.61. The van der Waals surface area contributed by atoms with Crippen LogP contribution in [0.5, 0.6) is 0 Å². The minimum Gasteiger partial charge on any atom is -0.309 e. The van der Waals surface area contributed by atoms with Gasteiger partial charge in [-0.1, -0.05) is 6.42 Å². The number of nitrogens with zero attached hydrogens (tertiary/aromatic N) is 2. The predicted molar refractivity (Wildman–Crippen MR) is 45.1 cm³/mol. The van der Waals surface area contributed by atoms with Gasteiger partial charge in [0.2, 0.25) is 0 Å². The quantitative estimate of drug-likeness (QED) is 0.635. The monoisotopic (exact) mass is 151 g/mol. The van der Waals surface area contributed by atoms with Gasteiger partial charge in [-0.3, -0.25) is 4.99 Å². The van der Waals surface area contributed by atoms with Crippen LogP contribution < -0.4 is 5.43 Å². The fraction of sp³-hybridized carbons (Fsp3) is 0.625. The molecule has 3 heteroatoms. The highest BCUT2D eigenvalue weighted by Crippen LogP contribution is 2.18. The van der Waals surface area contributed by atoms with E-state index in [-0.39, 0.29) is 0 Å². The summed E-state index contributed by atoms with van der Waals surface area (Å²) in [5.41, 5.74) is 3.41. The van der Waals surface area contributed by atoms with Gasteiger partial charge in [0.15, 0.2) is 0 Å². The summed E-state index contributed by atoms with van der Waals surface area (Å²) in [5.74, 6) is 0. The molecular weight excluding hydrogens is 138 g/mol. The van der Waals surface area contributed by atoms with Crippen LogP contribution in [0.25, 0.3) is 0 Å². The van der Waals surface area contributed by atoms with E-state index < -0.39 is 0 Å². The van der Waals surface area contributed by atoms with E-state index in [1.165, 1.54) is 19.3 Å². The molecule has 0 amide bonds. The highest BCUT2D eigenvalue weighted by atomic mass is 15.5. The molecule has 1 N–H and O–H groups in total. The molecular formula is C8H13N3. The van der Waals surface area contributed by atoms with Crippen molar-refractivity contribution >= 4 is 6.21 Å². The second-order valence-corrected chi connectivity index (χ2v) is 3.04. The van der Waals surface area contributed by atoms with Gasteiger partial charge in [-0.2, -0.15) is 0 Å². The zero-order valence-electron chi connectivity index (χ0n) is 6.53. The lowest BCUT2D eigenvalue weighted by Crippen LogP contribution is -2.46. The number of rotatable bonds is 2. The van der Waals surface area contributed by atoms with E-state index >= 15 is 0 Å². The van der Waals surface area contributed by atoms with E-state index in [2.05, 4.69) is 15.4 Å². The molecule has 2 aliphatic rings. The molecule has 0 bridgehead atoms. The molecule has 0 saturated heterocycles. The Morgan fingerprint density at radius 3 is 2.91 bits per heavy atom. The average molecular weight is 151 g/mol. The third-order valence-corrected chi connectivity index (χ3v) is 2.17. The van der Waals surface area contributed by atoms with Crippen LogP contribution in [0.3, 0.4) is 0 Å². The summed E-state index contributed by atoms with van der Waals surface area (Å²) in [4.78, 5) is 3.99. The number of aliphatic imine (C=N–C) groups is 1. The first-order valence-corrected chi connectivity index (χ1v) is 4.16. The molecule has 1 aliphatic carbocycles. The van der Waals surface area contributed by atoms with Crippen LogP contribution in [-0.2, 0) is 0 Å². The van der Waals surface area contributed by atoms with Crippen LogP contribution in [0.2, 0.25) is 0 Å². The van der Waals surface area contributed by atoms with Crippen molar-refractivity contribution < 1.29 is 0 Å². The van der Waals surface area contributed by atoms with Crippen molar-refractivity contribution in [1.29, 1.82) is 0 Å². The van der Waals surface area contributed by atoms with Crippen molar-refractivity contribution in [1.82, 2.24) is 10.4 Å². The van der Waals surface area contributed by atoms with Gasteiger partial charge in [-0.15, -0.1) is 0 Å². The molecule has 1 aliphatic heterocycles. The minimum absolute atomic E-state index is 0.714. The Morgan fingerprint density at radius 1 is 1.45 bits per heavy atom. The lowest BCUT2D eigenvalue weighted by molar-refractivity contribution is 0.193. The second-order valence-electron chi connectivity index (χ2n) is 3.04. The summed E-state index contributed by atoms with van der Waals surface area (Å²) in [6.07, 6.45) is 9.73. The molecule has 0 atom stereocenters. The zero-order chi connectivity index (χ0) is 7.52. The maximum absolute atomic E-state index is 3.99. The minimum atomic E-state index is 0.714. The van der Waals surface area contributed by atoms with Gasteiger partial charge in [0.25, 0.3) is 0 Å². The highest BCUT2D eigenvalue weighted by Gasteiger charge is 2.18. The van der Waals surface area contributed by atoms with Crippen LogP contribution >= 0.6 is 0 Å². The Hall–Kier alpha value is -0.830. The molecule has 1 fully saturated rings. The molecule has 1 heterocycles. The molecule has 3 nitrogen and oxygen atoms in total. The van der Waals surface area contributed by atoms with Gasteiger partial charge >= 0.3 is 0 Å². The first-order chi connectivity index (χ1) is 5.45. The van der Waals surface area contributed by atoms with Crippen LogP contribution in [0, 0.1) is 0 Å². The van der Waals surface area contributed by atoms with Crippen LogP contribution in [0.4, 0.5) is 0 Å². The SMILES string of the molecule is C1=CN(NC2CCC2)CC=N1. The molecule has 1 saturated carbocycles. The average Bonchev–Trinajstić information content (AvgIpc) is 1.99. The van der Waals surface area contributed by atoms with Gasteiger partial charge in [0.1, 0.15) is 0 Å². The van der Waals surface area contributed by atoms with Crippen molar-refractivity contribution in [2.24, 2.45) is 4.99 Å². The topological polar surface area (TPSA) is 27.6 Å². The van der Waals surface area contributed by atoms with Crippen molar-refractivity contribution in [3.8, 4) is 0 Å². The summed E-state index contributed by atoms with van der Waals surface area (Å²) in [7, 11) is 0. The third-order valence-electron chi connectivity index (χ3n) is 2.17. The van der Waals surface area contributed by atoms with E-state index in [0.717, 1.165) is 6.54 Å². The second kappa shape index (κ2) is 3.05. The summed E-state index contributed by atoms with van der Waals surface area (Å²) in [6, 6.07) is 0.714. The van der Waals surface area contributed by atoms with Gasteiger partial charge in [-0.25, -0.2) is 5.43 Å². The molecule has 0 aromatic heterocycles. The number of hydrogen-bond acceptors (Lipinski definition) is 3. The Bertz CT molecular complexity index is 182. The standard InChI is InChI=1S/C8H13N3/c1-2-8(3-1)10-11-6-4-9-5-7-11/h4-6,8,10H,1-3,7H2. The number of nitrogens with one attached hydrogen (secondary N) is 1. The largest absolute Gasteiger partial charge is 0.309 e. The Balaban J connectivity index is 1.77. The van der Waals surface area contributed by atoms with E-state index in [0.29, 0.717) is 6.04 Å². The van der Waals surface area contributed by atoms with Gasteiger partial charge in [0.05, 0.1) is 6.54 Å². The summed E-state index contributed by atoms with van der Waals surface area (Å²) < 4.78 is 0. The van der Waals surface area contributed by atoms with Gasteiger partial charge in [-0.05, 0) is 12.8 Å². The first-order valence-electron chi connectivity index (χ1n) is 4.16. The molecule has 60 valence electrons. The molecule has 0 unspecified atom stereocenters. The molecule has 0 aromatic rings. The number of hydrazine groups is 1. The molecule has 2 rings (SSSR count). The number of hydrogen-bond donors (Lipinski definition) is 1. The normalized spacial score (nSPS) is 23.8. The molecule has 0 radical (unpaired) electrons. The Morgan fingerprint density at radius 2 is 2.36 bits per heavy atom. The summed E-state index contributed by atoms with van der Waals surface area (Å²) in [6.45, 7) is 0.896. The lowest BCUT2D eigenvalue weighted by Gasteiger charge is -2.32. The van der Waals surface area contributed by atoms with Crippen LogP contribution in [0.15, 0.2) is 17.4 Å². The van der Waals surface area contributed by atoms with Crippen molar-refractivity contribution in [2.45, 2.75) is 25.3 Å². The Kier molecular flexibility index (Phi) is 1.90. The van der Waals surface area contributed by atoms with E-state index in [4.69, 9.17) is 0 Å². The van der Waals surface area contributed by atoms with E-state index in [1.807, 2.05) is 18.6 Å². The van der Waals surface area contributed by atoms with Crippen molar-refractivity contribution in [3.05, 3.63) is 12.4 Å². The molecule has 0 spiro atoms. The van der Waals surface area contributed by atoms with E-state index in [1.54, 1.807) is 0 Å². The summed E-state index contributed by atoms with van der Waals surface area (Å²) >= 11 is 0. The zero-order valence-corrected chi connectivity index (χ0v) is 6.53. The molecule has 0 aromatic carbocycles. The first kappa shape index (κ1) is 6.85. The smallest absolute Gasteiger partial charge is 0.0691 e. The molecule has 11 heavy (non-hydrogen) atoms.